The summed E-state index contributed by atoms with van der Waals surface area (Å²) < 4.78 is 10.5. The van der Waals surface area contributed by atoms with Gasteiger partial charge in [0.1, 0.15) is 0 Å². The molecule has 0 fully saturated rings. The van der Waals surface area contributed by atoms with Crippen molar-refractivity contribution in [3.63, 3.8) is 0 Å². The van der Waals surface area contributed by atoms with Crippen LogP contribution in [0, 0.1) is 13.8 Å². The molecule has 0 radical (unpaired) electrons. The summed E-state index contributed by atoms with van der Waals surface area (Å²) >= 11 is 0. The number of benzene rings is 2. The maximum atomic E-state index is 12.2. The monoisotopic (exact) mass is 313 g/mol. The Morgan fingerprint density at radius 2 is 1.78 bits per heavy atom. The first-order valence-corrected chi connectivity index (χ1v) is 7.62. The minimum Gasteiger partial charge on any atom is -0.493 e. The van der Waals surface area contributed by atoms with Gasteiger partial charge in [-0.25, -0.2) is 0 Å². The highest BCUT2D eigenvalue weighted by Crippen LogP contribution is 2.28. The van der Waals surface area contributed by atoms with E-state index in [1.54, 1.807) is 14.2 Å². The summed E-state index contributed by atoms with van der Waals surface area (Å²) in [4.78, 5) is 12.2. The Labute approximate surface area is 137 Å². The van der Waals surface area contributed by atoms with E-state index in [9.17, 15) is 4.79 Å². The van der Waals surface area contributed by atoms with Gasteiger partial charge in [0.25, 0.3) is 0 Å². The van der Waals surface area contributed by atoms with Crippen molar-refractivity contribution in [1.29, 1.82) is 0 Å². The molecule has 0 atom stereocenters. The van der Waals surface area contributed by atoms with Gasteiger partial charge >= 0.3 is 0 Å². The minimum absolute atomic E-state index is 0.00786. The van der Waals surface area contributed by atoms with Crippen molar-refractivity contribution in [2.45, 2.75) is 26.7 Å². The van der Waals surface area contributed by atoms with Gasteiger partial charge in [0.15, 0.2) is 11.5 Å². The normalized spacial score (nSPS) is 10.3. The molecule has 0 unspecified atom stereocenters. The van der Waals surface area contributed by atoms with Crippen molar-refractivity contribution in [1.82, 2.24) is 0 Å². The largest absolute Gasteiger partial charge is 0.493 e. The van der Waals surface area contributed by atoms with E-state index in [2.05, 4.69) is 5.32 Å². The van der Waals surface area contributed by atoms with E-state index in [-0.39, 0.29) is 5.91 Å². The van der Waals surface area contributed by atoms with E-state index < -0.39 is 0 Å². The molecule has 122 valence electrons. The average molecular weight is 313 g/mol. The van der Waals surface area contributed by atoms with Gasteiger partial charge in [-0.3, -0.25) is 4.79 Å². The predicted molar refractivity (Wildman–Crippen MR) is 92.4 cm³/mol. The molecule has 0 aliphatic rings. The third-order valence-corrected chi connectivity index (χ3v) is 3.97. The molecular formula is C19H23NO3. The maximum Gasteiger partial charge on any atom is 0.224 e. The molecule has 2 aromatic rings. The lowest BCUT2D eigenvalue weighted by molar-refractivity contribution is -0.116. The SMILES string of the molecule is COc1ccc(CCC(=O)Nc2cccc(C)c2C)cc1OC. The number of methoxy groups -OCH3 is 2. The number of hydrogen-bond donors (Lipinski definition) is 1. The van der Waals surface area contributed by atoms with Crippen LogP contribution < -0.4 is 14.8 Å². The smallest absolute Gasteiger partial charge is 0.224 e. The van der Waals surface area contributed by atoms with Crippen LogP contribution >= 0.6 is 0 Å². The molecule has 2 aromatic carbocycles. The lowest BCUT2D eigenvalue weighted by Gasteiger charge is -2.11. The van der Waals surface area contributed by atoms with Crippen LogP contribution in [0.4, 0.5) is 5.69 Å². The van der Waals surface area contributed by atoms with Crippen molar-refractivity contribution >= 4 is 11.6 Å². The number of rotatable bonds is 6. The Morgan fingerprint density at radius 1 is 1.04 bits per heavy atom. The van der Waals surface area contributed by atoms with E-state index in [0.29, 0.717) is 24.3 Å². The number of nitrogens with one attached hydrogen (secondary N) is 1. The Hall–Kier alpha value is -2.49. The fourth-order valence-electron chi connectivity index (χ4n) is 2.39. The molecule has 0 aromatic heterocycles. The third kappa shape index (κ3) is 4.25. The number of hydrogen-bond acceptors (Lipinski definition) is 3. The summed E-state index contributed by atoms with van der Waals surface area (Å²) in [5, 5.41) is 2.98. The molecule has 23 heavy (non-hydrogen) atoms. The van der Waals surface area contributed by atoms with Crippen LogP contribution in [-0.2, 0) is 11.2 Å². The Bertz CT molecular complexity index is 695. The van der Waals surface area contributed by atoms with Crippen LogP contribution in [0.25, 0.3) is 0 Å². The first-order valence-electron chi connectivity index (χ1n) is 7.62. The number of carbonyl (C=O) groups is 1. The number of anilines is 1. The zero-order chi connectivity index (χ0) is 16.8. The van der Waals surface area contributed by atoms with Gasteiger partial charge in [-0.1, -0.05) is 18.2 Å². The molecule has 2 rings (SSSR count). The molecule has 0 heterocycles. The molecule has 4 heteroatoms. The van der Waals surface area contributed by atoms with Crippen LogP contribution in [0.15, 0.2) is 36.4 Å². The fourth-order valence-corrected chi connectivity index (χ4v) is 2.39. The first kappa shape index (κ1) is 16.9. The topological polar surface area (TPSA) is 47.6 Å². The van der Waals surface area contributed by atoms with Gasteiger partial charge in [0, 0.05) is 12.1 Å². The van der Waals surface area contributed by atoms with Crippen LogP contribution in [0.3, 0.4) is 0 Å². The molecule has 0 saturated carbocycles. The van der Waals surface area contributed by atoms with Crippen LogP contribution in [-0.4, -0.2) is 20.1 Å². The van der Waals surface area contributed by atoms with Gasteiger partial charge in [0.05, 0.1) is 14.2 Å². The number of carbonyl (C=O) groups excluding carboxylic acids is 1. The Morgan fingerprint density at radius 3 is 2.48 bits per heavy atom. The quantitative estimate of drug-likeness (QED) is 0.880. The molecule has 0 spiro atoms. The fraction of sp³-hybridized carbons (Fsp3) is 0.316. The molecule has 1 N–H and O–H groups in total. The average Bonchev–Trinajstić information content (AvgIpc) is 2.56. The van der Waals surface area contributed by atoms with Crippen molar-refractivity contribution in [3.8, 4) is 11.5 Å². The molecule has 4 nitrogen and oxygen atoms in total. The second-order valence-corrected chi connectivity index (χ2v) is 5.48. The van der Waals surface area contributed by atoms with Crippen molar-refractivity contribution < 1.29 is 14.3 Å². The molecule has 0 aliphatic carbocycles. The molecule has 1 amide bonds. The predicted octanol–water partition coefficient (Wildman–Crippen LogP) is 3.89. The van der Waals surface area contributed by atoms with Crippen LogP contribution in [0.2, 0.25) is 0 Å². The maximum absolute atomic E-state index is 12.2. The standard InChI is InChI=1S/C19H23NO3/c1-13-6-5-7-16(14(13)2)20-19(21)11-9-15-8-10-17(22-3)18(12-15)23-4/h5-8,10,12H,9,11H2,1-4H3,(H,20,21). The number of amides is 1. The van der Waals surface area contributed by atoms with Gasteiger partial charge in [-0.15, -0.1) is 0 Å². The highest BCUT2D eigenvalue weighted by molar-refractivity contribution is 5.91. The molecular weight excluding hydrogens is 290 g/mol. The second kappa shape index (κ2) is 7.68. The first-order chi connectivity index (χ1) is 11.0. The van der Waals surface area contributed by atoms with E-state index >= 15 is 0 Å². The van der Waals surface area contributed by atoms with Gasteiger partial charge < -0.3 is 14.8 Å². The van der Waals surface area contributed by atoms with Gasteiger partial charge in [-0.05, 0) is 55.2 Å². The van der Waals surface area contributed by atoms with Crippen molar-refractivity contribution in [3.05, 3.63) is 53.1 Å². The Balaban J connectivity index is 1.98. The third-order valence-electron chi connectivity index (χ3n) is 3.97. The van der Waals surface area contributed by atoms with E-state index in [1.807, 2.05) is 50.2 Å². The zero-order valence-corrected chi connectivity index (χ0v) is 14.1. The van der Waals surface area contributed by atoms with E-state index in [1.165, 1.54) is 5.56 Å². The highest BCUT2D eigenvalue weighted by Gasteiger charge is 2.08. The highest BCUT2D eigenvalue weighted by atomic mass is 16.5. The number of aryl methyl sites for hydroxylation is 2. The van der Waals surface area contributed by atoms with Crippen molar-refractivity contribution in [2.24, 2.45) is 0 Å². The van der Waals surface area contributed by atoms with E-state index in [4.69, 9.17) is 9.47 Å². The Kier molecular flexibility index (Phi) is 5.63. The van der Waals surface area contributed by atoms with Gasteiger partial charge in [-0.2, -0.15) is 0 Å². The summed E-state index contributed by atoms with van der Waals surface area (Å²) in [5.74, 6) is 1.38. The molecule has 0 aliphatic heterocycles. The summed E-state index contributed by atoms with van der Waals surface area (Å²) in [7, 11) is 3.21. The van der Waals surface area contributed by atoms with Crippen LogP contribution in [0.5, 0.6) is 11.5 Å². The van der Waals surface area contributed by atoms with E-state index in [0.717, 1.165) is 16.8 Å². The summed E-state index contributed by atoms with van der Waals surface area (Å²) in [5.41, 5.74) is 4.19. The number of ether oxygens (including phenoxy) is 2. The zero-order valence-electron chi connectivity index (χ0n) is 14.1. The van der Waals surface area contributed by atoms with Gasteiger partial charge in [0.2, 0.25) is 5.91 Å². The van der Waals surface area contributed by atoms with Crippen LogP contribution in [0.1, 0.15) is 23.1 Å². The summed E-state index contributed by atoms with van der Waals surface area (Å²) in [6.07, 6.45) is 1.07. The molecule has 0 saturated heterocycles. The molecule has 0 bridgehead atoms. The summed E-state index contributed by atoms with van der Waals surface area (Å²) in [6, 6.07) is 11.6. The minimum atomic E-state index is 0.00786. The lowest BCUT2D eigenvalue weighted by atomic mass is 10.1. The second-order valence-electron chi connectivity index (χ2n) is 5.48. The lowest BCUT2D eigenvalue weighted by Crippen LogP contribution is -2.13. The van der Waals surface area contributed by atoms with Crippen molar-refractivity contribution in [2.75, 3.05) is 19.5 Å². The summed E-state index contributed by atoms with van der Waals surface area (Å²) in [6.45, 7) is 4.05.